The van der Waals surface area contributed by atoms with E-state index in [2.05, 4.69) is 0 Å². The van der Waals surface area contributed by atoms with E-state index < -0.39 is 24.6 Å². The van der Waals surface area contributed by atoms with E-state index in [-0.39, 0.29) is 12.8 Å². The van der Waals surface area contributed by atoms with Crippen LogP contribution in [0.15, 0.2) is 0 Å². The SMILES string of the molecule is NC1(F)CCC(F)(F)CC1. The van der Waals surface area contributed by atoms with E-state index in [0.29, 0.717) is 0 Å². The van der Waals surface area contributed by atoms with Gasteiger partial charge in [0, 0.05) is 25.7 Å². The first-order valence-corrected chi connectivity index (χ1v) is 3.27. The number of alkyl halides is 3. The third kappa shape index (κ3) is 1.87. The van der Waals surface area contributed by atoms with Crippen molar-refractivity contribution < 1.29 is 13.2 Å². The van der Waals surface area contributed by atoms with Crippen LogP contribution in [0.1, 0.15) is 25.7 Å². The second-order valence-electron chi connectivity index (χ2n) is 2.89. The maximum atomic E-state index is 12.7. The van der Waals surface area contributed by atoms with Crippen molar-refractivity contribution in [1.82, 2.24) is 0 Å². The molecule has 1 aliphatic carbocycles. The largest absolute Gasteiger partial charge is 0.299 e. The maximum absolute atomic E-state index is 12.7. The number of halogens is 3. The minimum Gasteiger partial charge on any atom is -0.299 e. The summed E-state index contributed by atoms with van der Waals surface area (Å²) in [5, 5.41) is 0. The van der Waals surface area contributed by atoms with Gasteiger partial charge >= 0.3 is 0 Å². The number of hydrogen-bond donors (Lipinski definition) is 1. The van der Waals surface area contributed by atoms with Crippen molar-refractivity contribution in [3.63, 3.8) is 0 Å². The monoisotopic (exact) mass is 153 g/mol. The topological polar surface area (TPSA) is 26.0 Å². The van der Waals surface area contributed by atoms with Crippen LogP contribution < -0.4 is 5.73 Å². The van der Waals surface area contributed by atoms with Crippen LogP contribution in [-0.2, 0) is 0 Å². The molecule has 1 saturated carbocycles. The third-order valence-corrected chi connectivity index (χ3v) is 1.81. The van der Waals surface area contributed by atoms with Gasteiger partial charge in [0.15, 0.2) is 5.79 Å². The molecule has 0 aromatic carbocycles. The van der Waals surface area contributed by atoms with Crippen LogP contribution in [0.5, 0.6) is 0 Å². The predicted molar refractivity (Wildman–Crippen MR) is 31.4 cm³/mol. The molecule has 1 fully saturated rings. The van der Waals surface area contributed by atoms with Crippen molar-refractivity contribution in [2.75, 3.05) is 0 Å². The van der Waals surface area contributed by atoms with Crippen LogP contribution in [0, 0.1) is 0 Å². The fourth-order valence-electron chi connectivity index (χ4n) is 1.03. The highest BCUT2D eigenvalue weighted by Crippen LogP contribution is 2.37. The summed E-state index contributed by atoms with van der Waals surface area (Å²) in [5.41, 5.74) is 5.00. The molecule has 2 N–H and O–H groups in total. The highest BCUT2D eigenvalue weighted by Gasteiger charge is 2.41. The molecule has 1 nitrogen and oxygen atoms in total. The van der Waals surface area contributed by atoms with Gasteiger partial charge in [0.05, 0.1) is 0 Å². The van der Waals surface area contributed by atoms with Crippen LogP contribution in [0.4, 0.5) is 13.2 Å². The van der Waals surface area contributed by atoms with Gasteiger partial charge in [-0.2, -0.15) is 0 Å². The molecule has 0 amide bonds. The molecule has 0 aliphatic heterocycles. The molecule has 0 atom stereocenters. The van der Waals surface area contributed by atoms with Gasteiger partial charge in [-0.05, 0) is 0 Å². The summed E-state index contributed by atoms with van der Waals surface area (Å²) in [5.74, 6) is -4.53. The lowest BCUT2D eigenvalue weighted by Crippen LogP contribution is -2.42. The van der Waals surface area contributed by atoms with Gasteiger partial charge in [0.25, 0.3) is 0 Å². The van der Waals surface area contributed by atoms with Crippen molar-refractivity contribution in [2.45, 2.75) is 37.4 Å². The van der Waals surface area contributed by atoms with E-state index in [0.717, 1.165) is 0 Å². The Morgan fingerprint density at radius 2 is 1.30 bits per heavy atom. The molecule has 60 valence electrons. The highest BCUT2D eigenvalue weighted by molar-refractivity contribution is 4.84. The fourth-order valence-corrected chi connectivity index (χ4v) is 1.03. The maximum Gasteiger partial charge on any atom is 0.248 e. The Labute approximate surface area is 57.4 Å². The minimum atomic E-state index is -2.69. The van der Waals surface area contributed by atoms with Gasteiger partial charge in [-0.25, -0.2) is 13.2 Å². The Kier molecular flexibility index (Phi) is 1.66. The lowest BCUT2D eigenvalue weighted by atomic mass is 9.91. The molecule has 0 radical (unpaired) electrons. The summed E-state index contributed by atoms with van der Waals surface area (Å²) in [6.45, 7) is 0. The fraction of sp³-hybridized carbons (Fsp3) is 1.00. The van der Waals surface area contributed by atoms with Gasteiger partial charge < -0.3 is 0 Å². The molecule has 0 aromatic heterocycles. The first-order valence-electron chi connectivity index (χ1n) is 3.27. The van der Waals surface area contributed by atoms with Crippen molar-refractivity contribution in [3.05, 3.63) is 0 Å². The number of rotatable bonds is 0. The Hall–Kier alpha value is -0.250. The van der Waals surface area contributed by atoms with Crippen molar-refractivity contribution in [3.8, 4) is 0 Å². The van der Waals surface area contributed by atoms with Gasteiger partial charge in [0.1, 0.15) is 0 Å². The van der Waals surface area contributed by atoms with Crippen molar-refractivity contribution in [1.29, 1.82) is 0 Å². The Bertz CT molecular complexity index is 105. The second kappa shape index (κ2) is 2.12. The molecule has 1 aliphatic rings. The van der Waals surface area contributed by atoms with E-state index in [9.17, 15) is 13.2 Å². The van der Waals surface area contributed by atoms with E-state index in [1.807, 2.05) is 0 Å². The molecule has 10 heavy (non-hydrogen) atoms. The molecule has 0 heterocycles. The smallest absolute Gasteiger partial charge is 0.248 e. The minimum absolute atomic E-state index is 0.222. The van der Waals surface area contributed by atoms with Gasteiger partial charge in [-0.3, -0.25) is 5.73 Å². The number of nitrogens with two attached hydrogens (primary N) is 1. The molecule has 0 saturated heterocycles. The molecular weight excluding hydrogens is 143 g/mol. The summed E-state index contributed by atoms with van der Waals surface area (Å²) in [6, 6.07) is 0. The van der Waals surface area contributed by atoms with Crippen molar-refractivity contribution >= 4 is 0 Å². The first kappa shape index (κ1) is 7.85. The Morgan fingerprint density at radius 1 is 0.900 bits per heavy atom. The lowest BCUT2D eigenvalue weighted by Gasteiger charge is -2.30. The normalized spacial score (nSPS) is 30.0. The van der Waals surface area contributed by atoms with E-state index in [1.54, 1.807) is 0 Å². The van der Waals surface area contributed by atoms with Crippen molar-refractivity contribution in [2.24, 2.45) is 5.73 Å². The zero-order chi connectivity index (χ0) is 7.83. The Morgan fingerprint density at radius 3 is 1.60 bits per heavy atom. The third-order valence-electron chi connectivity index (χ3n) is 1.81. The van der Waals surface area contributed by atoms with Gasteiger partial charge in [-0.15, -0.1) is 0 Å². The van der Waals surface area contributed by atoms with Crippen LogP contribution >= 0.6 is 0 Å². The Balaban J connectivity index is 2.46. The van der Waals surface area contributed by atoms with E-state index in [4.69, 9.17) is 5.73 Å². The molecule has 0 bridgehead atoms. The zero-order valence-corrected chi connectivity index (χ0v) is 5.54. The molecule has 0 unspecified atom stereocenters. The van der Waals surface area contributed by atoms with Gasteiger partial charge in [-0.1, -0.05) is 0 Å². The quantitative estimate of drug-likeness (QED) is 0.528. The summed E-state index contributed by atoms with van der Waals surface area (Å²) in [7, 11) is 0. The van der Waals surface area contributed by atoms with Crippen LogP contribution in [0.3, 0.4) is 0 Å². The first-order chi connectivity index (χ1) is 4.41. The average Bonchev–Trinajstić information content (AvgIpc) is 1.79. The second-order valence-corrected chi connectivity index (χ2v) is 2.89. The lowest BCUT2D eigenvalue weighted by molar-refractivity contribution is -0.0739. The number of hydrogen-bond acceptors (Lipinski definition) is 1. The molecule has 0 aromatic rings. The predicted octanol–water partition coefficient (Wildman–Crippen LogP) is 1.82. The molecular formula is C6H10F3N. The molecule has 0 spiro atoms. The van der Waals surface area contributed by atoms with Crippen LogP contribution in [0.25, 0.3) is 0 Å². The highest BCUT2D eigenvalue weighted by atomic mass is 19.3. The summed E-state index contributed by atoms with van der Waals surface area (Å²) < 4.78 is 37.3. The summed E-state index contributed by atoms with van der Waals surface area (Å²) in [4.78, 5) is 0. The average molecular weight is 153 g/mol. The van der Waals surface area contributed by atoms with E-state index >= 15 is 0 Å². The van der Waals surface area contributed by atoms with Crippen LogP contribution in [0.2, 0.25) is 0 Å². The standard InChI is InChI=1S/C6H10F3N/c7-5(8)1-3-6(9,10)4-2-5/h1-4,10H2. The molecule has 1 rings (SSSR count). The zero-order valence-electron chi connectivity index (χ0n) is 5.54. The van der Waals surface area contributed by atoms with E-state index in [1.165, 1.54) is 0 Å². The summed E-state index contributed by atoms with van der Waals surface area (Å²) >= 11 is 0. The summed E-state index contributed by atoms with van der Waals surface area (Å²) in [6.07, 6.45) is -1.28. The molecule has 4 heteroatoms. The van der Waals surface area contributed by atoms with Gasteiger partial charge in [0.2, 0.25) is 5.92 Å². The van der Waals surface area contributed by atoms with Crippen LogP contribution in [-0.4, -0.2) is 11.7 Å².